The number of hydrogen-bond acceptors (Lipinski definition) is 4. The molecule has 22 heavy (non-hydrogen) atoms. The van der Waals surface area contributed by atoms with Crippen LogP contribution < -0.4 is 5.73 Å². The Kier molecular flexibility index (Phi) is 3.83. The van der Waals surface area contributed by atoms with Gasteiger partial charge in [-0.25, -0.2) is 0 Å². The number of phenols is 2. The Morgan fingerprint density at radius 3 is 2.36 bits per heavy atom. The Morgan fingerprint density at radius 2 is 1.68 bits per heavy atom. The van der Waals surface area contributed by atoms with Crippen molar-refractivity contribution >= 4 is 11.8 Å². The van der Waals surface area contributed by atoms with E-state index in [-0.39, 0.29) is 22.5 Å². The van der Waals surface area contributed by atoms with E-state index in [4.69, 9.17) is 5.73 Å². The zero-order valence-electron chi connectivity index (χ0n) is 12.8. The summed E-state index contributed by atoms with van der Waals surface area (Å²) in [7, 11) is 0. The molecule has 1 aliphatic carbocycles. The molecule has 0 amide bonds. The van der Waals surface area contributed by atoms with Gasteiger partial charge in [0.05, 0.1) is 0 Å². The Morgan fingerprint density at radius 1 is 1.05 bits per heavy atom. The summed E-state index contributed by atoms with van der Waals surface area (Å²) in [5.74, 6) is 0.571. The smallest absolute Gasteiger partial charge is 0.115 e. The molecule has 3 rings (SSSR count). The number of benzene rings is 2. The van der Waals surface area contributed by atoms with Gasteiger partial charge in [0.1, 0.15) is 11.5 Å². The number of rotatable bonds is 2. The Hall–Kier alpha value is -1.65. The molecule has 0 aliphatic heterocycles. The van der Waals surface area contributed by atoms with E-state index in [9.17, 15) is 10.2 Å². The monoisotopic (exact) mass is 315 g/mol. The van der Waals surface area contributed by atoms with Gasteiger partial charge in [0.25, 0.3) is 0 Å². The van der Waals surface area contributed by atoms with Crippen LogP contribution in [0.15, 0.2) is 47.4 Å². The molecule has 0 unspecified atom stereocenters. The average Bonchev–Trinajstić information content (AvgIpc) is 2.48. The van der Waals surface area contributed by atoms with Gasteiger partial charge in [0, 0.05) is 21.6 Å². The molecule has 3 nitrogen and oxygen atoms in total. The highest BCUT2D eigenvalue weighted by atomic mass is 32.2. The van der Waals surface area contributed by atoms with Crippen molar-refractivity contribution in [2.75, 3.05) is 0 Å². The molecule has 0 spiro atoms. The SMILES string of the molecule is CC1(C)c2cc(O)ccc2C[C@@H](Sc2ccc(O)cc2)[C@@H]1N. The number of aromatic hydroxyl groups is 2. The molecule has 0 saturated carbocycles. The lowest BCUT2D eigenvalue weighted by molar-refractivity contribution is 0.369. The summed E-state index contributed by atoms with van der Waals surface area (Å²) in [6.07, 6.45) is 0.881. The van der Waals surface area contributed by atoms with Crippen molar-refractivity contribution in [3.05, 3.63) is 53.6 Å². The maximum Gasteiger partial charge on any atom is 0.115 e. The first-order valence-electron chi connectivity index (χ1n) is 7.41. The topological polar surface area (TPSA) is 66.5 Å². The molecule has 116 valence electrons. The first-order chi connectivity index (χ1) is 10.4. The Bertz CT molecular complexity index is 682. The van der Waals surface area contributed by atoms with Gasteiger partial charge in [-0.15, -0.1) is 11.8 Å². The van der Waals surface area contributed by atoms with E-state index in [1.807, 2.05) is 24.3 Å². The van der Waals surface area contributed by atoms with Crippen molar-refractivity contribution in [3.8, 4) is 11.5 Å². The van der Waals surface area contributed by atoms with Crippen molar-refractivity contribution in [3.63, 3.8) is 0 Å². The molecule has 2 aromatic rings. The molecule has 4 heteroatoms. The lowest BCUT2D eigenvalue weighted by atomic mass is 9.69. The normalized spacial score (nSPS) is 23.0. The molecule has 0 saturated heterocycles. The average molecular weight is 315 g/mol. The third kappa shape index (κ3) is 2.69. The van der Waals surface area contributed by atoms with Gasteiger partial charge in [-0.3, -0.25) is 0 Å². The second kappa shape index (κ2) is 5.52. The predicted molar refractivity (Wildman–Crippen MR) is 90.6 cm³/mol. The minimum absolute atomic E-state index is 0.0133. The number of nitrogens with two attached hydrogens (primary N) is 1. The molecular weight excluding hydrogens is 294 g/mol. The molecular formula is C18H21NO2S. The largest absolute Gasteiger partial charge is 0.508 e. The highest BCUT2D eigenvalue weighted by molar-refractivity contribution is 8.00. The van der Waals surface area contributed by atoms with Crippen LogP contribution in [0.2, 0.25) is 0 Å². The zero-order valence-corrected chi connectivity index (χ0v) is 13.6. The predicted octanol–water partition coefficient (Wildman–Crippen LogP) is 3.42. The van der Waals surface area contributed by atoms with E-state index >= 15 is 0 Å². The first-order valence-corrected chi connectivity index (χ1v) is 8.29. The fraction of sp³-hybridized carbons (Fsp3) is 0.333. The standard InChI is InChI=1S/C18H21NO2S/c1-18(2)15-10-13(21)4-3-11(15)9-16(17(18)19)22-14-7-5-12(20)6-8-14/h3-8,10,16-17,20-21H,9,19H2,1-2H3/t16-,17+/m1/s1. The molecule has 2 aromatic carbocycles. The fourth-order valence-corrected chi connectivity index (χ4v) is 4.54. The van der Waals surface area contributed by atoms with Gasteiger partial charge in [-0.2, -0.15) is 0 Å². The maximum absolute atomic E-state index is 9.76. The summed E-state index contributed by atoms with van der Waals surface area (Å²) >= 11 is 1.75. The van der Waals surface area contributed by atoms with Crippen LogP contribution in [-0.2, 0) is 11.8 Å². The van der Waals surface area contributed by atoms with Crippen LogP contribution in [0.5, 0.6) is 11.5 Å². The zero-order chi connectivity index (χ0) is 15.9. The van der Waals surface area contributed by atoms with Gasteiger partial charge >= 0.3 is 0 Å². The molecule has 1 aliphatic rings. The van der Waals surface area contributed by atoms with Crippen molar-refractivity contribution in [1.82, 2.24) is 0 Å². The van der Waals surface area contributed by atoms with Crippen LogP contribution in [-0.4, -0.2) is 21.5 Å². The van der Waals surface area contributed by atoms with Gasteiger partial charge in [-0.1, -0.05) is 19.9 Å². The van der Waals surface area contributed by atoms with E-state index in [1.165, 1.54) is 5.56 Å². The molecule has 0 fully saturated rings. The highest BCUT2D eigenvalue weighted by Gasteiger charge is 2.40. The van der Waals surface area contributed by atoms with Crippen molar-refractivity contribution in [2.24, 2.45) is 5.73 Å². The van der Waals surface area contributed by atoms with Crippen LogP contribution in [0.4, 0.5) is 0 Å². The summed E-state index contributed by atoms with van der Waals surface area (Å²) in [5.41, 5.74) is 8.75. The summed E-state index contributed by atoms with van der Waals surface area (Å²) in [4.78, 5) is 1.11. The van der Waals surface area contributed by atoms with Gasteiger partial charge in [-0.05, 0) is 53.9 Å². The molecule has 4 N–H and O–H groups in total. The summed E-state index contributed by atoms with van der Waals surface area (Å²) in [6.45, 7) is 4.28. The summed E-state index contributed by atoms with van der Waals surface area (Å²) in [6, 6.07) is 12.8. The molecule has 0 radical (unpaired) electrons. The third-order valence-electron chi connectivity index (χ3n) is 4.57. The fourth-order valence-electron chi connectivity index (χ4n) is 3.14. The van der Waals surface area contributed by atoms with Crippen molar-refractivity contribution < 1.29 is 10.2 Å². The van der Waals surface area contributed by atoms with E-state index in [0.717, 1.165) is 16.9 Å². The third-order valence-corrected chi connectivity index (χ3v) is 5.87. The number of fused-ring (bicyclic) bond motifs is 1. The van der Waals surface area contributed by atoms with Crippen LogP contribution >= 0.6 is 11.8 Å². The summed E-state index contributed by atoms with van der Waals surface area (Å²) < 4.78 is 0. The minimum atomic E-state index is -0.194. The second-order valence-corrected chi connectivity index (χ2v) is 7.76. The quantitative estimate of drug-likeness (QED) is 0.794. The molecule has 0 aromatic heterocycles. The number of phenolic OH excluding ortho intramolecular Hbond substituents is 2. The van der Waals surface area contributed by atoms with Crippen LogP contribution in [0, 0.1) is 0 Å². The highest BCUT2D eigenvalue weighted by Crippen LogP contribution is 2.43. The maximum atomic E-state index is 9.76. The van der Waals surface area contributed by atoms with Crippen molar-refractivity contribution in [1.29, 1.82) is 0 Å². The van der Waals surface area contributed by atoms with E-state index in [0.29, 0.717) is 5.75 Å². The Labute approximate surface area is 135 Å². The lowest BCUT2D eigenvalue weighted by Gasteiger charge is -2.43. The molecule has 0 heterocycles. The minimum Gasteiger partial charge on any atom is -0.508 e. The number of hydrogen-bond donors (Lipinski definition) is 3. The molecule has 2 atom stereocenters. The van der Waals surface area contributed by atoms with Crippen molar-refractivity contribution in [2.45, 2.75) is 41.9 Å². The van der Waals surface area contributed by atoms with Crippen LogP contribution in [0.25, 0.3) is 0 Å². The first kappa shape index (κ1) is 15.3. The van der Waals surface area contributed by atoms with E-state index in [2.05, 4.69) is 13.8 Å². The van der Waals surface area contributed by atoms with Crippen LogP contribution in [0.3, 0.4) is 0 Å². The van der Waals surface area contributed by atoms with Gasteiger partial charge in [0.15, 0.2) is 0 Å². The van der Waals surface area contributed by atoms with Gasteiger partial charge < -0.3 is 15.9 Å². The van der Waals surface area contributed by atoms with E-state index in [1.54, 1.807) is 30.0 Å². The number of thioether (sulfide) groups is 1. The molecule has 0 bridgehead atoms. The van der Waals surface area contributed by atoms with Crippen LogP contribution in [0.1, 0.15) is 25.0 Å². The Balaban J connectivity index is 1.91. The van der Waals surface area contributed by atoms with E-state index < -0.39 is 0 Å². The second-order valence-electron chi connectivity index (χ2n) is 6.44. The van der Waals surface area contributed by atoms with Gasteiger partial charge in [0.2, 0.25) is 0 Å². The summed E-state index contributed by atoms with van der Waals surface area (Å²) in [5, 5.41) is 19.4. The lowest BCUT2D eigenvalue weighted by Crippen LogP contribution is -2.52.